The summed E-state index contributed by atoms with van der Waals surface area (Å²) in [7, 11) is 3.17. The summed E-state index contributed by atoms with van der Waals surface area (Å²) in [6.07, 6.45) is 1.81. The molecule has 0 aliphatic carbocycles. The van der Waals surface area contributed by atoms with Crippen LogP contribution < -0.4 is 14.8 Å². The molecule has 6 heteroatoms. The average molecular weight is 390 g/mol. The molecule has 0 spiro atoms. The van der Waals surface area contributed by atoms with Gasteiger partial charge in [-0.25, -0.2) is 4.99 Å². The Labute approximate surface area is 167 Å². The number of thioether (sulfide) groups is 1. The summed E-state index contributed by atoms with van der Waals surface area (Å²) >= 11 is 1.32. The number of amides is 1. The van der Waals surface area contributed by atoms with E-state index in [-0.39, 0.29) is 5.91 Å². The molecule has 1 aliphatic heterocycles. The molecule has 0 radical (unpaired) electrons. The molecule has 0 bridgehead atoms. The van der Waals surface area contributed by atoms with E-state index in [9.17, 15) is 4.79 Å². The van der Waals surface area contributed by atoms with Crippen molar-refractivity contribution in [3.63, 3.8) is 0 Å². The van der Waals surface area contributed by atoms with Crippen molar-refractivity contribution < 1.29 is 14.3 Å². The van der Waals surface area contributed by atoms with E-state index < -0.39 is 0 Å². The fourth-order valence-electron chi connectivity index (χ4n) is 2.94. The first-order chi connectivity index (χ1) is 13.7. The number of nitrogens with zero attached hydrogens (tertiary/aromatic N) is 1. The number of carbonyl (C=O) groups excluding carboxylic acids is 1. The Kier molecular flexibility index (Phi) is 5.04. The first kappa shape index (κ1) is 18.1. The minimum absolute atomic E-state index is 0.167. The number of fused-ring (bicyclic) bond motifs is 1. The zero-order valence-corrected chi connectivity index (χ0v) is 16.2. The van der Waals surface area contributed by atoms with Gasteiger partial charge in [0.1, 0.15) is 0 Å². The SMILES string of the molecule is COc1ccc(/C=C2\SC(=Nc3ccc4ccccc4c3)NC2=O)cc1OC. The molecular formula is C22H18N2O3S. The number of aliphatic imine (C=N–C) groups is 1. The van der Waals surface area contributed by atoms with Gasteiger partial charge in [-0.3, -0.25) is 4.79 Å². The lowest BCUT2D eigenvalue weighted by Crippen LogP contribution is -2.19. The van der Waals surface area contributed by atoms with E-state index in [1.54, 1.807) is 14.2 Å². The molecule has 1 fully saturated rings. The highest BCUT2D eigenvalue weighted by atomic mass is 32.2. The predicted molar refractivity (Wildman–Crippen MR) is 114 cm³/mol. The van der Waals surface area contributed by atoms with Crippen LogP contribution in [0.15, 0.2) is 70.6 Å². The quantitative estimate of drug-likeness (QED) is 0.653. The van der Waals surface area contributed by atoms with Crippen LogP contribution in [0.3, 0.4) is 0 Å². The molecule has 3 aromatic rings. The van der Waals surface area contributed by atoms with E-state index in [1.807, 2.05) is 60.7 Å². The predicted octanol–water partition coefficient (Wildman–Crippen LogP) is 4.75. The maximum atomic E-state index is 12.3. The van der Waals surface area contributed by atoms with Gasteiger partial charge in [-0.05, 0) is 58.4 Å². The molecule has 1 heterocycles. The van der Waals surface area contributed by atoms with Crippen LogP contribution in [-0.2, 0) is 4.79 Å². The van der Waals surface area contributed by atoms with Crippen LogP contribution in [-0.4, -0.2) is 25.3 Å². The summed E-state index contributed by atoms with van der Waals surface area (Å²) in [4.78, 5) is 17.5. The van der Waals surface area contributed by atoms with Crippen LogP contribution in [0, 0.1) is 0 Å². The van der Waals surface area contributed by atoms with Gasteiger partial charge in [-0.2, -0.15) is 0 Å². The monoisotopic (exact) mass is 390 g/mol. The van der Waals surface area contributed by atoms with Crippen LogP contribution in [0.2, 0.25) is 0 Å². The Balaban J connectivity index is 1.59. The lowest BCUT2D eigenvalue weighted by molar-refractivity contribution is -0.115. The van der Waals surface area contributed by atoms with Crippen LogP contribution in [0.1, 0.15) is 5.56 Å². The van der Waals surface area contributed by atoms with E-state index in [0.717, 1.165) is 22.0 Å². The molecule has 0 aromatic heterocycles. The summed E-state index contributed by atoms with van der Waals surface area (Å²) in [5, 5.41) is 5.65. The second kappa shape index (κ2) is 7.78. The molecule has 0 atom stereocenters. The Morgan fingerprint density at radius 2 is 1.71 bits per heavy atom. The van der Waals surface area contributed by atoms with Crippen molar-refractivity contribution >= 4 is 45.4 Å². The fourth-order valence-corrected chi connectivity index (χ4v) is 3.78. The van der Waals surface area contributed by atoms with Crippen LogP contribution in [0.4, 0.5) is 5.69 Å². The maximum Gasteiger partial charge on any atom is 0.264 e. The zero-order chi connectivity index (χ0) is 19.5. The molecular weight excluding hydrogens is 372 g/mol. The van der Waals surface area contributed by atoms with Crippen LogP contribution in [0.5, 0.6) is 11.5 Å². The molecule has 5 nitrogen and oxygen atoms in total. The number of hydrogen-bond acceptors (Lipinski definition) is 5. The first-order valence-electron chi connectivity index (χ1n) is 8.67. The van der Waals surface area contributed by atoms with Crippen molar-refractivity contribution in [3.8, 4) is 11.5 Å². The van der Waals surface area contributed by atoms with Crippen molar-refractivity contribution in [2.24, 2.45) is 4.99 Å². The summed E-state index contributed by atoms with van der Waals surface area (Å²) < 4.78 is 10.6. The van der Waals surface area contributed by atoms with Gasteiger partial charge in [-0.15, -0.1) is 0 Å². The van der Waals surface area contributed by atoms with Gasteiger partial charge < -0.3 is 14.8 Å². The second-order valence-electron chi connectivity index (χ2n) is 6.13. The maximum absolute atomic E-state index is 12.3. The number of amidine groups is 1. The average Bonchev–Trinajstić information content (AvgIpc) is 3.06. The third kappa shape index (κ3) is 3.73. The van der Waals surface area contributed by atoms with Gasteiger partial charge in [0.25, 0.3) is 5.91 Å². The van der Waals surface area contributed by atoms with E-state index in [1.165, 1.54) is 11.8 Å². The van der Waals surface area contributed by atoms with Crippen molar-refractivity contribution in [3.05, 3.63) is 71.1 Å². The normalized spacial score (nSPS) is 16.6. The highest BCUT2D eigenvalue weighted by molar-refractivity contribution is 8.18. The van der Waals surface area contributed by atoms with Crippen molar-refractivity contribution in [2.45, 2.75) is 0 Å². The summed E-state index contributed by atoms with van der Waals surface area (Å²) in [5.41, 5.74) is 1.65. The van der Waals surface area contributed by atoms with Crippen molar-refractivity contribution in [1.82, 2.24) is 5.32 Å². The van der Waals surface area contributed by atoms with Gasteiger partial charge >= 0.3 is 0 Å². The number of nitrogens with one attached hydrogen (secondary N) is 1. The highest BCUT2D eigenvalue weighted by Gasteiger charge is 2.24. The number of benzene rings is 3. The number of hydrogen-bond donors (Lipinski definition) is 1. The minimum Gasteiger partial charge on any atom is -0.493 e. The molecule has 0 saturated carbocycles. The number of ether oxygens (including phenoxy) is 2. The van der Waals surface area contributed by atoms with Crippen molar-refractivity contribution in [2.75, 3.05) is 14.2 Å². The number of rotatable bonds is 4. The smallest absolute Gasteiger partial charge is 0.264 e. The molecule has 1 saturated heterocycles. The molecule has 1 aliphatic rings. The topological polar surface area (TPSA) is 59.9 Å². The molecule has 4 rings (SSSR count). The van der Waals surface area contributed by atoms with E-state index in [0.29, 0.717) is 21.6 Å². The molecule has 140 valence electrons. The fraction of sp³-hybridized carbons (Fsp3) is 0.0909. The van der Waals surface area contributed by atoms with Gasteiger partial charge in [0, 0.05) is 0 Å². The first-order valence-corrected chi connectivity index (χ1v) is 9.48. The lowest BCUT2D eigenvalue weighted by atomic mass is 10.1. The van der Waals surface area contributed by atoms with Gasteiger partial charge in [0.15, 0.2) is 16.7 Å². The van der Waals surface area contributed by atoms with Crippen LogP contribution in [0.25, 0.3) is 16.8 Å². The Hall–Kier alpha value is -3.25. The Morgan fingerprint density at radius 1 is 0.929 bits per heavy atom. The third-order valence-corrected chi connectivity index (χ3v) is 5.23. The molecule has 3 aromatic carbocycles. The van der Waals surface area contributed by atoms with Crippen molar-refractivity contribution in [1.29, 1.82) is 0 Å². The zero-order valence-electron chi connectivity index (χ0n) is 15.4. The molecule has 1 amide bonds. The van der Waals surface area contributed by atoms with Gasteiger partial charge in [-0.1, -0.05) is 36.4 Å². The molecule has 1 N–H and O–H groups in total. The van der Waals surface area contributed by atoms with E-state index >= 15 is 0 Å². The second-order valence-corrected chi connectivity index (χ2v) is 7.16. The summed E-state index contributed by atoms with van der Waals surface area (Å²) in [6, 6.07) is 19.6. The van der Waals surface area contributed by atoms with Crippen LogP contribution >= 0.6 is 11.8 Å². The standard InChI is InChI=1S/C22H18N2O3S/c1-26-18-10-7-14(11-19(18)27-2)12-20-21(25)24-22(28-20)23-17-9-8-15-5-3-4-6-16(15)13-17/h3-13H,1-2H3,(H,23,24,25)/b20-12-. The number of methoxy groups -OCH3 is 2. The number of carbonyl (C=O) groups is 1. The Morgan fingerprint density at radius 3 is 2.50 bits per heavy atom. The van der Waals surface area contributed by atoms with Gasteiger partial charge in [0.05, 0.1) is 24.8 Å². The largest absolute Gasteiger partial charge is 0.493 e. The van der Waals surface area contributed by atoms with Gasteiger partial charge in [0.2, 0.25) is 0 Å². The summed E-state index contributed by atoms with van der Waals surface area (Å²) in [5.74, 6) is 1.09. The lowest BCUT2D eigenvalue weighted by Gasteiger charge is -2.07. The molecule has 0 unspecified atom stereocenters. The molecule has 28 heavy (non-hydrogen) atoms. The van der Waals surface area contributed by atoms with E-state index in [4.69, 9.17) is 9.47 Å². The minimum atomic E-state index is -0.167. The summed E-state index contributed by atoms with van der Waals surface area (Å²) in [6.45, 7) is 0. The van der Waals surface area contributed by atoms with E-state index in [2.05, 4.69) is 16.4 Å². The Bertz CT molecular complexity index is 1120. The highest BCUT2D eigenvalue weighted by Crippen LogP contribution is 2.32. The third-order valence-electron chi connectivity index (χ3n) is 4.32.